The van der Waals surface area contributed by atoms with Crippen LogP contribution in [-0.2, 0) is 9.53 Å². The molecule has 0 aliphatic rings. The normalized spacial score (nSPS) is 10.1. The third-order valence-electron chi connectivity index (χ3n) is 3.55. The highest BCUT2D eigenvalue weighted by molar-refractivity contribution is 5.85. The van der Waals surface area contributed by atoms with Crippen LogP contribution in [0.2, 0.25) is 0 Å². The lowest BCUT2D eigenvalue weighted by Gasteiger charge is -2.07. The maximum absolute atomic E-state index is 11.6. The molecule has 5 nitrogen and oxygen atoms in total. The van der Waals surface area contributed by atoms with Crippen molar-refractivity contribution in [1.82, 2.24) is 0 Å². The summed E-state index contributed by atoms with van der Waals surface area (Å²) >= 11 is 0. The van der Waals surface area contributed by atoms with Crippen molar-refractivity contribution in [3.63, 3.8) is 0 Å². The molecule has 2 aromatic carbocycles. The number of nitrogens with one attached hydrogen (secondary N) is 2. The minimum Gasteiger partial charge on any atom is -0.410 e. The summed E-state index contributed by atoms with van der Waals surface area (Å²) in [5, 5.41) is 5.24. The van der Waals surface area contributed by atoms with Crippen LogP contribution in [0.1, 0.15) is 45.2 Å². The van der Waals surface area contributed by atoms with Gasteiger partial charge < -0.3 is 10.1 Å². The minimum absolute atomic E-state index is 0.477. The predicted octanol–water partition coefficient (Wildman–Crippen LogP) is 7.00. The molecule has 0 aromatic heterocycles. The number of carbonyl (C=O) groups excluding carboxylic acids is 2. The smallest absolute Gasteiger partial charge is 0.410 e. The van der Waals surface area contributed by atoms with Gasteiger partial charge in [-0.1, -0.05) is 56.7 Å². The third kappa shape index (κ3) is 12.2. The van der Waals surface area contributed by atoms with E-state index >= 15 is 0 Å². The zero-order chi connectivity index (χ0) is 22.8. The number of carbonyl (C=O) groups is 2. The molecular formula is C25H34N2O3. The van der Waals surface area contributed by atoms with Gasteiger partial charge in [-0.05, 0) is 69.2 Å². The molecule has 2 rings (SSSR count). The summed E-state index contributed by atoms with van der Waals surface area (Å²) in [6.07, 6.45) is 6.58. The maximum Gasteiger partial charge on any atom is 0.417 e. The molecule has 2 N–H and O–H groups in total. The maximum atomic E-state index is 11.6. The lowest BCUT2D eigenvalue weighted by atomic mass is 10.2. The van der Waals surface area contributed by atoms with Crippen LogP contribution in [0.25, 0.3) is 0 Å². The van der Waals surface area contributed by atoms with Crippen LogP contribution in [0, 0.1) is 13.8 Å². The van der Waals surface area contributed by atoms with E-state index in [4.69, 9.17) is 4.74 Å². The first kappa shape index (κ1) is 26.7. The van der Waals surface area contributed by atoms with Gasteiger partial charge in [0.1, 0.15) is 5.76 Å². The standard InChI is InChI=1S/C15H19NO2.C8H9NO.C2H6/c1-4-6-10-14(5-2)18-15(17)16-13-9-7-8-12(3)11-13;1-7-2-4-8(5-3-7)9-6-10;1-2/h5-11H,4H2,1-3H3,(H,16,17);2-6H,1H3,(H,9,10);1-2H3/b10-6-,14-5+;;. The van der Waals surface area contributed by atoms with Gasteiger partial charge in [-0.25, -0.2) is 4.79 Å². The van der Waals surface area contributed by atoms with Crippen molar-refractivity contribution >= 4 is 23.9 Å². The molecule has 5 heteroatoms. The van der Waals surface area contributed by atoms with Crippen LogP contribution < -0.4 is 10.6 Å². The Hall–Kier alpha value is -3.34. The average Bonchev–Trinajstić information content (AvgIpc) is 2.75. The first-order chi connectivity index (χ1) is 14.5. The molecule has 0 saturated heterocycles. The molecule has 0 radical (unpaired) electrons. The summed E-state index contributed by atoms with van der Waals surface area (Å²) in [7, 11) is 0. The van der Waals surface area contributed by atoms with Gasteiger partial charge in [0.25, 0.3) is 0 Å². The second-order valence-electron chi connectivity index (χ2n) is 6.01. The van der Waals surface area contributed by atoms with Crippen LogP contribution in [0.5, 0.6) is 0 Å². The van der Waals surface area contributed by atoms with Crippen LogP contribution in [0.3, 0.4) is 0 Å². The van der Waals surface area contributed by atoms with Crippen LogP contribution in [-0.4, -0.2) is 12.5 Å². The van der Waals surface area contributed by atoms with E-state index < -0.39 is 6.09 Å². The minimum atomic E-state index is -0.477. The Morgan fingerprint density at radius 3 is 2.20 bits per heavy atom. The van der Waals surface area contributed by atoms with Gasteiger partial charge in [0.2, 0.25) is 6.41 Å². The van der Waals surface area contributed by atoms with Crippen LogP contribution in [0.4, 0.5) is 16.2 Å². The molecule has 2 aromatic rings. The Morgan fingerprint density at radius 1 is 1.00 bits per heavy atom. The quantitative estimate of drug-likeness (QED) is 0.306. The number of ether oxygens (including phenoxy) is 1. The van der Waals surface area contributed by atoms with Gasteiger partial charge in [0.15, 0.2) is 0 Å². The van der Waals surface area contributed by atoms with Crippen LogP contribution >= 0.6 is 0 Å². The topological polar surface area (TPSA) is 67.4 Å². The molecule has 0 bridgehead atoms. The van der Waals surface area contributed by atoms with Gasteiger partial charge in [0.05, 0.1) is 0 Å². The van der Waals surface area contributed by atoms with Crippen molar-refractivity contribution in [3.05, 3.63) is 83.6 Å². The van der Waals surface area contributed by atoms with E-state index in [-0.39, 0.29) is 0 Å². The zero-order valence-corrected chi connectivity index (χ0v) is 18.9. The fourth-order valence-corrected chi connectivity index (χ4v) is 2.11. The highest BCUT2D eigenvalue weighted by Gasteiger charge is 2.04. The van der Waals surface area contributed by atoms with Crippen molar-refractivity contribution in [2.75, 3.05) is 10.6 Å². The summed E-state index contributed by atoms with van der Waals surface area (Å²) in [5.41, 5.74) is 3.84. The van der Waals surface area contributed by atoms with E-state index in [1.807, 2.05) is 96.1 Å². The second-order valence-corrected chi connectivity index (χ2v) is 6.01. The van der Waals surface area contributed by atoms with Crippen molar-refractivity contribution < 1.29 is 14.3 Å². The first-order valence-corrected chi connectivity index (χ1v) is 10.1. The highest BCUT2D eigenvalue weighted by atomic mass is 16.6. The molecule has 0 spiro atoms. The van der Waals surface area contributed by atoms with Gasteiger partial charge >= 0.3 is 6.09 Å². The highest BCUT2D eigenvalue weighted by Crippen LogP contribution is 2.11. The summed E-state index contributed by atoms with van der Waals surface area (Å²) in [6.45, 7) is 11.8. The monoisotopic (exact) mass is 410 g/mol. The predicted molar refractivity (Wildman–Crippen MR) is 127 cm³/mol. The Balaban J connectivity index is 0.000000590. The molecular weight excluding hydrogens is 376 g/mol. The third-order valence-corrected chi connectivity index (χ3v) is 3.55. The molecule has 0 aliphatic heterocycles. The molecule has 0 unspecified atom stereocenters. The number of benzene rings is 2. The number of anilines is 2. The lowest BCUT2D eigenvalue weighted by molar-refractivity contribution is -0.105. The summed E-state index contributed by atoms with van der Waals surface area (Å²) in [5.74, 6) is 0.544. The zero-order valence-electron chi connectivity index (χ0n) is 18.9. The number of amides is 2. The fourth-order valence-electron chi connectivity index (χ4n) is 2.11. The molecule has 2 amide bonds. The molecule has 0 fully saturated rings. The molecule has 0 aliphatic carbocycles. The molecule has 30 heavy (non-hydrogen) atoms. The van der Waals surface area contributed by atoms with Gasteiger partial charge in [-0.2, -0.15) is 0 Å². The molecule has 0 heterocycles. The Bertz CT molecular complexity index is 809. The van der Waals surface area contributed by atoms with Crippen LogP contribution in [0.15, 0.2) is 72.5 Å². The summed E-state index contributed by atoms with van der Waals surface area (Å²) < 4.78 is 5.17. The van der Waals surface area contributed by atoms with E-state index in [0.29, 0.717) is 12.2 Å². The number of allylic oxidation sites excluding steroid dienone is 3. The van der Waals surface area contributed by atoms with Crippen molar-refractivity contribution in [2.24, 2.45) is 0 Å². The number of aryl methyl sites for hydroxylation is 2. The first-order valence-electron chi connectivity index (χ1n) is 10.1. The summed E-state index contributed by atoms with van der Waals surface area (Å²) in [4.78, 5) is 21.6. The van der Waals surface area contributed by atoms with Gasteiger partial charge in [0, 0.05) is 11.4 Å². The van der Waals surface area contributed by atoms with Crippen molar-refractivity contribution in [3.8, 4) is 0 Å². The fraction of sp³-hybridized carbons (Fsp3) is 0.280. The second kappa shape index (κ2) is 16.6. The summed E-state index contributed by atoms with van der Waals surface area (Å²) in [6, 6.07) is 15.2. The van der Waals surface area contributed by atoms with E-state index in [2.05, 4.69) is 10.6 Å². The van der Waals surface area contributed by atoms with Gasteiger partial charge in [-0.15, -0.1) is 0 Å². The number of hydrogen-bond acceptors (Lipinski definition) is 3. The number of rotatable bonds is 6. The van der Waals surface area contributed by atoms with E-state index in [0.717, 1.165) is 23.4 Å². The van der Waals surface area contributed by atoms with E-state index in [1.165, 1.54) is 5.56 Å². The van der Waals surface area contributed by atoms with Crippen molar-refractivity contribution in [1.29, 1.82) is 0 Å². The SMILES string of the molecule is C/C=C(\C=C/CC)OC(=O)Nc1cccc(C)c1.CC.Cc1ccc(NC=O)cc1. The Kier molecular flexibility index (Phi) is 14.8. The number of hydrogen-bond donors (Lipinski definition) is 2. The lowest BCUT2D eigenvalue weighted by Crippen LogP contribution is -2.12. The molecule has 0 atom stereocenters. The van der Waals surface area contributed by atoms with E-state index in [9.17, 15) is 9.59 Å². The van der Waals surface area contributed by atoms with E-state index in [1.54, 1.807) is 12.2 Å². The van der Waals surface area contributed by atoms with Gasteiger partial charge in [-0.3, -0.25) is 10.1 Å². The molecule has 0 saturated carbocycles. The van der Waals surface area contributed by atoms with Crippen molar-refractivity contribution in [2.45, 2.75) is 48.0 Å². The Labute approximate surface area is 180 Å². The average molecular weight is 411 g/mol. The largest absolute Gasteiger partial charge is 0.417 e. The Morgan fingerprint density at radius 2 is 1.67 bits per heavy atom. The molecule has 162 valence electrons.